The molecule has 1 saturated heterocycles. The molecule has 0 saturated carbocycles. The van der Waals surface area contributed by atoms with Gasteiger partial charge in [0.25, 0.3) is 0 Å². The number of hydrogen-bond acceptors (Lipinski definition) is 6. The minimum atomic E-state index is -0.502. The van der Waals surface area contributed by atoms with Crippen molar-refractivity contribution in [2.45, 2.75) is 0 Å². The Kier molecular flexibility index (Phi) is 5.21. The lowest BCUT2D eigenvalue weighted by molar-refractivity contribution is -0.384. The summed E-state index contributed by atoms with van der Waals surface area (Å²) >= 11 is 1.95. The van der Waals surface area contributed by atoms with E-state index in [-0.39, 0.29) is 11.3 Å². The van der Waals surface area contributed by atoms with E-state index >= 15 is 0 Å². The third-order valence-corrected chi connectivity index (χ3v) is 4.13. The van der Waals surface area contributed by atoms with Gasteiger partial charge in [-0.3, -0.25) is 15.0 Å². The van der Waals surface area contributed by atoms with Gasteiger partial charge in [0.15, 0.2) is 0 Å². The number of para-hydroxylation sites is 1. The summed E-state index contributed by atoms with van der Waals surface area (Å²) in [6.45, 7) is 3.62. The minimum Gasteiger partial charge on any atom is -0.378 e. The molecule has 0 unspecified atom stereocenters. The number of rotatable bonds is 5. The highest BCUT2D eigenvalue weighted by Gasteiger charge is 2.19. The van der Waals surface area contributed by atoms with Gasteiger partial charge in [-0.25, -0.2) is 0 Å². The summed E-state index contributed by atoms with van der Waals surface area (Å²) in [5.41, 5.74) is 0.374. The van der Waals surface area contributed by atoms with E-state index < -0.39 is 4.92 Å². The van der Waals surface area contributed by atoms with Crippen molar-refractivity contribution in [3.05, 3.63) is 33.9 Å². The first-order valence-electron chi connectivity index (χ1n) is 6.44. The Morgan fingerprint density at radius 2 is 2.20 bits per heavy atom. The van der Waals surface area contributed by atoms with Crippen molar-refractivity contribution in [2.75, 3.05) is 43.0 Å². The Balaban J connectivity index is 1.98. The zero-order chi connectivity index (χ0) is 14.4. The lowest BCUT2D eigenvalue weighted by Crippen LogP contribution is -2.36. The third-order valence-electron chi connectivity index (χ3n) is 3.19. The Morgan fingerprint density at radius 1 is 1.45 bits per heavy atom. The third kappa shape index (κ3) is 3.62. The average Bonchev–Trinajstić information content (AvgIpc) is 2.47. The maximum absolute atomic E-state index is 11.1. The number of nitriles is 1. The standard InChI is InChI=1S/C13H16N4O2S/c14-10-11-2-1-3-12(13(11)17(18)19)15-4-5-16-6-8-20-9-7-16/h1-3,15H,4-9H2. The van der Waals surface area contributed by atoms with Gasteiger partial charge >= 0.3 is 5.69 Å². The second-order valence-electron chi connectivity index (χ2n) is 4.45. The summed E-state index contributed by atoms with van der Waals surface area (Å²) in [7, 11) is 0. The largest absolute Gasteiger partial charge is 0.378 e. The van der Waals surface area contributed by atoms with Crippen LogP contribution in [-0.4, -0.2) is 47.5 Å². The summed E-state index contributed by atoms with van der Waals surface area (Å²) in [6.07, 6.45) is 0. The van der Waals surface area contributed by atoms with Crippen LogP contribution >= 0.6 is 11.8 Å². The van der Waals surface area contributed by atoms with Gasteiger partial charge in [0.05, 0.1) is 4.92 Å². The van der Waals surface area contributed by atoms with Crippen molar-refractivity contribution in [1.82, 2.24) is 4.90 Å². The van der Waals surface area contributed by atoms with E-state index in [1.807, 2.05) is 17.8 Å². The average molecular weight is 292 g/mol. The van der Waals surface area contributed by atoms with Gasteiger partial charge < -0.3 is 5.32 Å². The molecule has 0 atom stereocenters. The Bertz CT molecular complexity index is 524. The maximum atomic E-state index is 11.1. The van der Waals surface area contributed by atoms with Gasteiger partial charge in [0.1, 0.15) is 17.3 Å². The maximum Gasteiger partial charge on any atom is 0.309 e. The van der Waals surface area contributed by atoms with Crippen LogP contribution in [0, 0.1) is 21.4 Å². The van der Waals surface area contributed by atoms with Crippen molar-refractivity contribution in [1.29, 1.82) is 5.26 Å². The van der Waals surface area contributed by atoms with Crippen LogP contribution in [0.1, 0.15) is 5.56 Å². The zero-order valence-electron chi connectivity index (χ0n) is 11.0. The van der Waals surface area contributed by atoms with E-state index in [2.05, 4.69) is 10.2 Å². The van der Waals surface area contributed by atoms with Gasteiger partial charge in [0, 0.05) is 37.7 Å². The normalized spacial score (nSPS) is 15.6. The quantitative estimate of drug-likeness (QED) is 0.659. The molecule has 2 rings (SSSR count). The van der Waals surface area contributed by atoms with Crippen LogP contribution in [-0.2, 0) is 0 Å². The highest BCUT2D eigenvalue weighted by molar-refractivity contribution is 7.99. The first-order chi connectivity index (χ1) is 9.72. The molecule has 0 amide bonds. The summed E-state index contributed by atoms with van der Waals surface area (Å²) in [4.78, 5) is 12.9. The summed E-state index contributed by atoms with van der Waals surface area (Å²) in [5.74, 6) is 2.29. The smallest absolute Gasteiger partial charge is 0.309 e. The van der Waals surface area contributed by atoms with E-state index in [4.69, 9.17) is 5.26 Å². The molecule has 1 aromatic carbocycles. The highest BCUT2D eigenvalue weighted by Crippen LogP contribution is 2.27. The lowest BCUT2D eigenvalue weighted by atomic mass is 10.1. The van der Waals surface area contributed by atoms with Crippen LogP contribution in [0.25, 0.3) is 0 Å². The van der Waals surface area contributed by atoms with E-state index in [1.165, 1.54) is 6.07 Å². The molecule has 7 heteroatoms. The number of nitrogens with zero attached hydrogens (tertiary/aromatic N) is 3. The number of benzene rings is 1. The molecule has 1 heterocycles. The summed E-state index contributed by atoms with van der Waals surface area (Å²) < 4.78 is 0. The number of hydrogen-bond donors (Lipinski definition) is 1. The molecule has 1 aliphatic heterocycles. The van der Waals surface area contributed by atoms with Crippen molar-refractivity contribution in [3.63, 3.8) is 0 Å². The molecule has 0 spiro atoms. The summed E-state index contributed by atoms with van der Waals surface area (Å²) in [6, 6.07) is 6.63. The molecule has 1 fully saturated rings. The topological polar surface area (TPSA) is 82.2 Å². The molecule has 0 aliphatic carbocycles. The summed E-state index contributed by atoms with van der Waals surface area (Å²) in [5, 5.41) is 23.1. The van der Waals surface area contributed by atoms with E-state index in [9.17, 15) is 10.1 Å². The van der Waals surface area contributed by atoms with Crippen molar-refractivity contribution in [2.24, 2.45) is 0 Å². The first kappa shape index (κ1) is 14.6. The molecule has 0 radical (unpaired) electrons. The zero-order valence-corrected chi connectivity index (χ0v) is 11.9. The van der Waals surface area contributed by atoms with Gasteiger partial charge in [-0.15, -0.1) is 0 Å². The first-order valence-corrected chi connectivity index (χ1v) is 7.59. The fraction of sp³-hybridized carbons (Fsp3) is 0.462. The highest BCUT2D eigenvalue weighted by atomic mass is 32.2. The molecule has 20 heavy (non-hydrogen) atoms. The lowest BCUT2D eigenvalue weighted by Gasteiger charge is -2.26. The number of anilines is 1. The molecular weight excluding hydrogens is 276 g/mol. The monoisotopic (exact) mass is 292 g/mol. The van der Waals surface area contributed by atoms with Crippen LogP contribution in [0.4, 0.5) is 11.4 Å². The molecule has 6 nitrogen and oxygen atoms in total. The molecule has 1 aliphatic rings. The van der Waals surface area contributed by atoms with Gasteiger partial charge in [-0.1, -0.05) is 6.07 Å². The predicted octanol–water partition coefficient (Wildman–Crippen LogP) is 1.93. The van der Waals surface area contributed by atoms with E-state index in [1.54, 1.807) is 12.1 Å². The van der Waals surface area contributed by atoms with Crippen LogP contribution in [0.15, 0.2) is 18.2 Å². The molecule has 1 N–H and O–H groups in total. The fourth-order valence-corrected chi connectivity index (χ4v) is 3.13. The molecule has 1 aromatic rings. The number of thioether (sulfide) groups is 1. The Labute approximate surface area is 121 Å². The number of nitro benzene ring substituents is 1. The number of nitrogens with one attached hydrogen (secondary N) is 1. The van der Waals surface area contributed by atoms with Gasteiger partial charge in [-0.05, 0) is 12.1 Å². The van der Waals surface area contributed by atoms with Gasteiger partial charge in [-0.2, -0.15) is 17.0 Å². The fourth-order valence-electron chi connectivity index (χ4n) is 2.15. The van der Waals surface area contributed by atoms with Crippen molar-refractivity contribution in [3.8, 4) is 6.07 Å². The molecule has 0 aromatic heterocycles. The second kappa shape index (κ2) is 7.12. The van der Waals surface area contributed by atoms with E-state index in [0.717, 1.165) is 31.1 Å². The molecule has 106 valence electrons. The van der Waals surface area contributed by atoms with Crippen LogP contribution in [0.5, 0.6) is 0 Å². The van der Waals surface area contributed by atoms with Crippen molar-refractivity contribution < 1.29 is 4.92 Å². The van der Waals surface area contributed by atoms with Crippen LogP contribution < -0.4 is 5.32 Å². The van der Waals surface area contributed by atoms with Crippen LogP contribution in [0.3, 0.4) is 0 Å². The second-order valence-corrected chi connectivity index (χ2v) is 5.68. The minimum absolute atomic E-state index is 0.0920. The van der Waals surface area contributed by atoms with E-state index in [0.29, 0.717) is 12.2 Å². The number of nitro groups is 1. The van der Waals surface area contributed by atoms with Crippen LogP contribution in [0.2, 0.25) is 0 Å². The SMILES string of the molecule is N#Cc1cccc(NCCN2CCSCC2)c1[N+](=O)[O-]. The Morgan fingerprint density at radius 3 is 2.85 bits per heavy atom. The molecule has 0 bridgehead atoms. The molecular formula is C13H16N4O2S. The van der Waals surface area contributed by atoms with Crippen molar-refractivity contribution >= 4 is 23.1 Å². The Hall–Kier alpha value is -1.78. The predicted molar refractivity (Wildman–Crippen MR) is 80.1 cm³/mol. The van der Waals surface area contributed by atoms with Gasteiger partial charge in [0.2, 0.25) is 0 Å².